The van der Waals surface area contributed by atoms with Crippen LogP contribution in [-0.4, -0.2) is 41.9 Å². The number of benzene rings is 2. The highest BCUT2D eigenvalue weighted by Crippen LogP contribution is 2.19. The Kier molecular flexibility index (Phi) is 7.07. The lowest BCUT2D eigenvalue weighted by Gasteiger charge is -2.09. The number of amides is 1. The molecule has 31 heavy (non-hydrogen) atoms. The molecule has 0 atom stereocenters. The number of carbonyl (C=O) groups excluding carboxylic acids is 2. The number of rotatable bonds is 8. The highest BCUT2D eigenvalue weighted by Gasteiger charge is 2.20. The highest BCUT2D eigenvalue weighted by atomic mass is 16.5. The summed E-state index contributed by atoms with van der Waals surface area (Å²) in [6.45, 7) is 6.21. The largest absolute Gasteiger partial charge is 0.497 e. The molecule has 0 aliphatic heterocycles. The second-order valence-corrected chi connectivity index (χ2v) is 7.08. The lowest BCUT2D eigenvalue weighted by molar-refractivity contribution is 0.0524. The van der Waals surface area contributed by atoms with Gasteiger partial charge in [0.05, 0.1) is 30.8 Å². The molecule has 3 aromatic rings. The molecule has 0 spiro atoms. The minimum Gasteiger partial charge on any atom is -0.497 e. The van der Waals surface area contributed by atoms with E-state index in [0.29, 0.717) is 42.1 Å². The zero-order valence-electron chi connectivity index (χ0n) is 18.3. The first-order valence-corrected chi connectivity index (χ1v) is 10.2. The molecule has 0 aliphatic rings. The van der Waals surface area contributed by atoms with Gasteiger partial charge in [-0.15, -0.1) is 0 Å². The van der Waals surface area contributed by atoms with Gasteiger partial charge < -0.3 is 14.8 Å². The quantitative estimate of drug-likeness (QED) is 0.562. The number of hydrogen-bond acceptors (Lipinski definition) is 5. The van der Waals surface area contributed by atoms with E-state index in [0.717, 1.165) is 17.0 Å². The van der Waals surface area contributed by atoms with Gasteiger partial charge in [0.1, 0.15) is 11.3 Å². The predicted molar refractivity (Wildman–Crippen MR) is 118 cm³/mol. The number of methoxy groups -OCH3 is 1. The van der Waals surface area contributed by atoms with Crippen LogP contribution in [0.2, 0.25) is 0 Å². The van der Waals surface area contributed by atoms with Crippen molar-refractivity contribution in [3.05, 3.63) is 76.6 Å². The zero-order chi connectivity index (χ0) is 22.4. The molecular formula is C24H27N3O4. The first-order chi connectivity index (χ1) is 14.9. The Morgan fingerprint density at radius 1 is 1.10 bits per heavy atom. The lowest BCUT2D eigenvalue weighted by atomic mass is 10.1. The van der Waals surface area contributed by atoms with Gasteiger partial charge >= 0.3 is 5.97 Å². The molecule has 0 radical (unpaired) electrons. The van der Waals surface area contributed by atoms with Gasteiger partial charge in [0.25, 0.3) is 5.91 Å². The molecule has 0 bridgehead atoms. The summed E-state index contributed by atoms with van der Waals surface area (Å²) in [4.78, 5) is 24.7. The van der Waals surface area contributed by atoms with Crippen molar-refractivity contribution < 1.29 is 19.1 Å². The van der Waals surface area contributed by atoms with Gasteiger partial charge in [0, 0.05) is 12.1 Å². The molecule has 2 aromatic carbocycles. The van der Waals surface area contributed by atoms with Crippen LogP contribution in [0.1, 0.15) is 44.6 Å². The number of nitrogens with zero attached hydrogens (tertiary/aromatic N) is 2. The van der Waals surface area contributed by atoms with E-state index in [9.17, 15) is 9.59 Å². The van der Waals surface area contributed by atoms with Crippen LogP contribution in [0.5, 0.6) is 5.75 Å². The monoisotopic (exact) mass is 421 g/mol. The summed E-state index contributed by atoms with van der Waals surface area (Å²) in [6.07, 6.45) is 0.712. The summed E-state index contributed by atoms with van der Waals surface area (Å²) >= 11 is 0. The SMILES string of the molecule is CCOC(=O)c1c(C)nn(-c2ccc(C(=O)NCCc3cccc(OC)c3)cc2)c1C. The van der Waals surface area contributed by atoms with Gasteiger partial charge in [0.15, 0.2) is 0 Å². The van der Waals surface area contributed by atoms with Crippen molar-refractivity contribution in [3.8, 4) is 11.4 Å². The molecule has 0 aliphatic carbocycles. The maximum atomic E-state index is 12.5. The maximum absolute atomic E-state index is 12.5. The number of hydrogen-bond donors (Lipinski definition) is 1. The van der Waals surface area contributed by atoms with Crippen molar-refractivity contribution in [3.63, 3.8) is 0 Å². The fraction of sp³-hybridized carbons (Fsp3) is 0.292. The third-order valence-electron chi connectivity index (χ3n) is 4.98. The van der Waals surface area contributed by atoms with Crippen LogP contribution in [0.25, 0.3) is 5.69 Å². The fourth-order valence-electron chi connectivity index (χ4n) is 3.40. The maximum Gasteiger partial charge on any atom is 0.341 e. The molecular weight excluding hydrogens is 394 g/mol. The molecule has 1 aromatic heterocycles. The van der Waals surface area contributed by atoms with E-state index in [1.54, 1.807) is 37.8 Å². The Bertz CT molecular complexity index is 1070. The smallest absolute Gasteiger partial charge is 0.341 e. The highest BCUT2D eigenvalue weighted by molar-refractivity contribution is 5.94. The first kappa shape index (κ1) is 22.1. The number of carbonyl (C=O) groups is 2. The number of aryl methyl sites for hydroxylation is 1. The second-order valence-electron chi connectivity index (χ2n) is 7.08. The Hall–Kier alpha value is -3.61. The van der Waals surface area contributed by atoms with E-state index in [2.05, 4.69) is 10.4 Å². The Labute approximate surface area is 182 Å². The van der Waals surface area contributed by atoms with E-state index < -0.39 is 0 Å². The average Bonchev–Trinajstić information content (AvgIpc) is 3.08. The fourth-order valence-corrected chi connectivity index (χ4v) is 3.40. The van der Waals surface area contributed by atoms with Crippen LogP contribution < -0.4 is 10.1 Å². The first-order valence-electron chi connectivity index (χ1n) is 10.2. The van der Waals surface area contributed by atoms with E-state index in [-0.39, 0.29) is 11.9 Å². The predicted octanol–water partition coefficient (Wildman–Crippen LogP) is 3.65. The Morgan fingerprint density at radius 3 is 2.52 bits per heavy atom. The van der Waals surface area contributed by atoms with Crippen LogP contribution in [0, 0.1) is 13.8 Å². The van der Waals surface area contributed by atoms with E-state index >= 15 is 0 Å². The number of ether oxygens (including phenoxy) is 2. The van der Waals surface area contributed by atoms with Crippen molar-refractivity contribution in [2.75, 3.05) is 20.3 Å². The Morgan fingerprint density at radius 2 is 1.84 bits per heavy atom. The van der Waals surface area contributed by atoms with E-state index in [1.165, 1.54) is 0 Å². The van der Waals surface area contributed by atoms with Crippen molar-refractivity contribution in [1.82, 2.24) is 15.1 Å². The molecule has 7 heteroatoms. The van der Waals surface area contributed by atoms with Crippen LogP contribution in [-0.2, 0) is 11.2 Å². The number of nitrogens with one attached hydrogen (secondary N) is 1. The summed E-state index contributed by atoms with van der Waals surface area (Å²) in [5.74, 6) is 0.278. The molecule has 0 unspecified atom stereocenters. The minimum absolute atomic E-state index is 0.143. The third-order valence-corrected chi connectivity index (χ3v) is 4.98. The van der Waals surface area contributed by atoms with Crippen LogP contribution in [0.3, 0.4) is 0 Å². The van der Waals surface area contributed by atoms with E-state index in [1.807, 2.05) is 43.3 Å². The van der Waals surface area contributed by atoms with Gasteiger partial charge in [-0.25, -0.2) is 9.48 Å². The standard InChI is InChI=1S/C24H27N3O4/c1-5-31-24(29)22-16(2)26-27(17(22)3)20-11-9-19(10-12-20)23(28)25-14-13-18-7-6-8-21(15-18)30-4/h6-12,15H,5,13-14H2,1-4H3,(H,25,28). The van der Waals surface area contributed by atoms with Crippen LogP contribution >= 0.6 is 0 Å². The van der Waals surface area contributed by atoms with Crippen LogP contribution in [0.15, 0.2) is 48.5 Å². The van der Waals surface area contributed by atoms with Gasteiger partial charge in [-0.3, -0.25) is 4.79 Å². The zero-order valence-corrected chi connectivity index (χ0v) is 18.3. The molecule has 1 amide bonds. The summed E-state index contributed by atoms with van der Waals surface area (Å²) in [5.41, 5.74) is 4.20. The topological polar surface area (TPSA) is 82.5 Å². The summed E-state index contributed by atoms with van der Waals surface area (Å²) in [6, 6.07) is 14.9. The van der Waals surface area contributed by atoms with Crippen molar-refractivity contribution in [2.24, 2.45) is 0 Å². The number of aromatic nitrogens is 2. The minimum atomic E-state index is -0.379. The van der Waals surface area contributed by atoms with Gasteiger partial charge in [-0.05, 0) is 69.2 Å². The average molecular weight is 421 g/mol. The van der Waals surface area contributed by atoms with Gasteiger partial charge in [0.2, 0.25) is 0 Å². The molecule has 0 saturated heterocycles. The second kappa shape index (κ2) is 9.93. The van der Waals surface area contributed by atoms with Crippen molar-refractivity contribution >= 4 is 11.9 Å². The molecule has 0 saturated carbocycles. The molecule has 162 valence electrons. The summed E-state index contributed by atoms with van der Waals surface area (Å²) in [7, 11) is 1.63. The Balaban J connectivity index is 1.65. The van der Waals surface area contributed by atoms with Gasteiger partial charge in [-0.2, -0.15) is 5.10 Å². The summed E-state index contributed by atoms with van der Waals surface area (Å²) < 4.78 is 12.0. The molecule has 7 nitrogen and oxygen atoms in total. The molecule has 1 heterocycles. The van der Waals surface area contributed by atoms with Crippen molar-refractivity contribution in [2.45, 2.75) is 27.2 Å². The molecule has 3 rings (SSSR count). The van der Waals surface area contributed by atoms with Gasteiger partial charge in [-0.1, -0.05) is 12.1 Å². The molecule has 0 fully saturated rings. The molecule has 1 N–H and O–H groups in total. The van der Waals surface area contributed by atoms with Crippen LogP contribution in [0.4, 0.5) is 0 Å². The lowest BCUT2D eigenvalue weighted by Crippen LogP contribution is -2.25. The van der Waals surface area contributed by atoms with E-state index in [4.69, 9.17) is 9.47 Å². The van der Waals surface area contributed by atoms with Crippen molar-refractivity contribution in [1.29, 1.82) is 0 Å². The number of esters is 1. The summed E-state index contributed by atoms with van der Waals surface area (Å²) in [5, 5.41) is 7.39. The normalized spacial score (nSPS) is 10.6. The third kappa shape index (κ3) is 5.12.